The molecule has 0 bridgehead atoms. The summed E-state index contributed by atoms with van der Waals surface area (Å²) < 4.78 is 0. The van der Waals surface area contributed by atoms with Gasteiger partial charge in [-0.25, -0.2) is 0 Å². The summed E-state index contributed by atoms with van der Waals surface area (Å²) in [6.45, 7) is 2.05. The lowest BCUT2D eigenvalue weighted by molar-refractivity contribution is -0.384. The Kier molecular flexibility index (Phi) is 3.92. The maximum absolute atomic E-state index is 12.2. The van der Waals surface area contributed by atoms with Crippen LogP contribution < -0.4 is 10.6 Å². The summed E-state index contributed by atoms with van der Waals surface area (Å²) >= 11 is 0. The smallest absolute Gasteiger partial charge is 0.293 e. The Hall–Kier alpha value is -2.11. The van der Waals surface area contributed by atoms with Gasteiger partial charge in [-0.1, -0.05) is 6.92 Å². The fourth-order valence-electron chi connectivity index (χ4n) is 2.52. The van der Waals surface area contributed by atoms with E-state index < -0.39 is 4.92 Å². The van der Waals surface area contributed by atoms with Crippen molar-refractivity contribution in [3.8, 4) is 0 Å². The molecule has 0 saturated heterocycles. The monoisotopic (exact) mass is 277 g/mol. The van der Waals surface area contributed by atoms with Gasteiger partial charge in [-0.3, -0.25) is 14.9 Å². The standard InChI is InChI=1S/C14H19N3O3/c1-3-14(7-4-8-14)16-13(18)10-5-6-11(15-2)12(9-10)17(19)20/h5-6,9,15H,3-4,7-8H2,1-2H3,(H,16,18). The van der Waals surface area contributed by atoms with Crippen LogP contribution in [-0.2, 0) is 0 Å². The van der Waals surface area contributed by atoms with E-state index in [1.54, 1.807) is 19.2 Å². The SMILES string of the molecule is CCC1(NC(=O)c2ccc(NC)c([N+](=O)[O-])c2)CCC1. The van der Waals surface area contributed by atoms with Crippen LogP contribution in [0.1, 0.15) is 43.0 Å². The van der Waals surface area contributed by atoms with E-state index in [0.29, 0.717) is 11.3 Å². The zero-order valence-electron chi connectivity index (χ0n) is 11.7. The van der Waals surface area contributed by atoms with Gasteiger partial charge in [-0.2, -0.15) is 0 Å². The number of hydrogen-bond acceptors (Lipinski definition) is 4. The van der Waals surface area contributed by atoms with Crippen LogP contribution in [0.2, 0.25) is 0 Å². The molecule has 0 spiro atoms. The number of carbonyl (C=O) groups excluding carboxylic acids is 1. The molecule has 20 heavy (non-hydrogen) atoms. The van der Waals surface area contributed by atoms with Crippen LogP contribution in [0, 0.1) is 10.1 Å². The van der Waals surface area contributed by atoms with Gasteiger partial charge in [0.15, 0.2) is 0 Å². The van der Waals surface area contributed by atoms with Gasteiger partial charge in [0.2, 0.25) is 0 Å². The molecule has 1 aliphatic rings. The molecule has 2 rings (SSSR count). The highest BCUT2D eigenvalue weighted by Crippen LogP contribution is 2.35. The molecular formula is C14H19N3O3. The normalized spacial score (nSPS) is 16.1. The molecule has 1 fully saturated rings. The molecule has 0 heterocycles. The van der Waals surface area contributed by atoms with Crippen molar-refractivity contribution in [2.24, 2.45) is 0 Å². The topological polar surface area (TPSA) is 84.3 Å². The Morgan fingerprint density at radius 2 is 2.15 bits per heavy atom. The highest BCUT2D eigenvalue weighted by Gasteiger charge is 2.36. The van der Waals surface area contributed by atoms with Gasteiger partial charge in [0.25, 0.3) is 11.6 Å². The van der Waals surface area contributed by atoms with E-state index in [9.17, 15) is 14.9 Å². The first kappa shape index (κ1) is 14.3. The maximum atomic E-state index is 12.2. The first-order chi connectivity index (χ1) is 9.51. The predicted octanol–water partition coefficient (Wildman–Crippen LogP) is 2.70. The number of amides is 1. The predicted molar refractivity (Wildman–Crippen MR) is 77.0 cm³/mol. The van der Waals surface area contributed by atoms with Gasteiger partial charge < -0.3 is 10.6 Å². The summed E-state index contributed by atoms with van der Waals surface area (Å²) in [5.74, 6) is -0.239. The number of anilines is 1. The Balaban J connectivity index is 2.22. The lowest BCUT2D eigenvalue weighted by atomic mass is 9.74. The van der Waals surface area contributed by atoms with Crippen molar-refractivity contribution in [1.82, 2.24) is 5.32 Å². The maximum Gasteiger partial charge on any atom is 0.293 e. The second-order valence-corrected chi connectivity index (χ2v) is 5.18. The molecule has 0 aromatic heterocycles. The molecule has 0 unspecified atom stereocenters. The van der Waals surface area contributed by atoms with Crippen molar-refractivity contribution in [2.45, 2.75) is 38.1 Å². The Morgan fingerprint density at radius 1 is 1.45 bits per heavy atom. The van der Waals surface area contributed by atoms with E-state index in [-0.39, 0.29) is 17.1 Å². The minimum atomic E-state index is -0.485. The number of hydrogen-bond donors (Lipinski definition) is 2. The molecule has 6 heteroatoms. The number of nitro groups is 1. The largest absolute Gasteiger partial charge is 0.383 e. The molecule has 0 atom stereocenters. The van der Waals surface area contributed by atoms with Crippen LogP contribution in [0.3, 0.4) is 0 Å². The van der Waals surface area contributed by atoms with E-state index in [0.717, 1.165) is 25.7 Å². The average Bonchev–Trinajstić information content (AvgIpc) is 2.41. The lowest BCUT2D eigenvalue weighted by Crippen LogP contribution is -2.52. The van der Waals surface area contributed by atoms with E-state index in [4.69, 9.17) is 0 Å². The highest BCUT2D eigenvalue weighted by molar-refractivity contribution is 5.96. The third kappa shape index (κ3) is 2.59. The van der Waals surface area contributed by atoms with Gasteiger partial charge in [-0.05, 0) is 37.8 Å². The molecule has 0 radical (unpaired) electrons. The average molecular weight is 277 g/mol. The van der Waals surface area contributed by atoms with Crippen molar-refractivity contribution in [2.75, 3.05) is 12.4 Å². The van der Waals surface area contributed by atoms with Gasteiger partial charge in [0, 0.05) is 24.2 Å². The zero-order chi connectivity index (χ0) is 14.8. The van der Waals surface area contributed by atoms with Crippen molar-refractivity contribution in [1.29, 1.82) is 0 Å². The molecule has 108 valence electrons. The molecule has 0 aliphatic heterocycles. The summed E-state index contributed by atoms with van der Waals surface area (Å²) in [7, 11) is 1.61. The van der Waals surface area contributed by atoms with Crippen molar-refractivity contribution in [3.05, 3.63) is 33.9 Å². The van der Waals surface area contributed by atoms with Gasteiger partial charge in [0.1, 0.15) is 5.69 Å². The molecule has 1 aromatic carbocycles. The Labute approximate surface area is 117 Å². The molecule has 6 nitrogen and oxygen atoms in total. The van der Waals surface area contributed by atoms with Gasteiger partial charge >= 0.3 is 0 Å². The van der Waals surface area contributed by atoms with E-state index in [1.165, 1.54) is 6.07 Å². The molecule has 2 N–H and O–H groups in total. The molecule has 1 saturated carbocycles. The third-order valence-electron chi connectivity index (χ3n) is 4.09. The third-order valence-corrected chi connectivity index (χ3v) is 4.09. The summed E-state index contributed by atoms with van der Waals surface area (Å²) in [5.41, 5.74) is 0.531. The van der Waals surface area contributed by atoms with E-state index in [2.05, 4.69) is 10.6 Å². The fraction of sp³-hybridized carbons (Fsp3) is 0.500. The molecule has 1 aromatic rings. The Bertz CT molecular complexity index is 533. The van der Waals surface area contributed by atoms with Crippen LogP contribution in [-0.4, -0.2) is 23.4 Å². The first-order valence-electron chi connectivity index (χ1n) is 6.80. The number of nitro benzene ring substituents is 1. The van der Waals surface area contributed by atoms with Crippen molar-refractivity contribution in [3.63, 3.8) is 0 Å². The summed E-state index contributed by atoms with van der Waals surface area (Å²) in [6, 6.07) is 4.49. The number of nitrogens with zero attached hydrogens (tertiary/aromatic N) is 1. The lowest BCUT2D eigenvalue weighted by Gasteiger charge is -2.42. The zero-order valence-corrected chi connectivity index (χ0v) is 11.7. The first-order valence-corrected chi connectivity index (χ1v) is 6.80. The Morgan fingerprint density at radius 3 is 2.60 bits per heavy atom. The van der Waals surface area contributed by atoms with Crippen LogP contribution in [0.5, 0.6) is 0 Å². The fourth-order valence-corrected chi connectivity index (χ4v) is 2.52. The van der Waals surface area contributed by atoms with Crippen LogP contribution in [0.15, 0.2) is 18.2 Å². The number of benzene rings is 1. The van der Waals surface area contributed by atoms with Gasteiger partial charge in [0.05, 0.1) is 4.92 Å². The second-order valence-electron chi connectivity index (χ2n) is 5.18. The quantitative estimate of drug-likeness (QED) is 0.640. The molecule has 1 aliphatic carbocycles. The van der Waals surface area contributed by atoms with Crippen LogP contribution in [0.4, 0.5) is 11.4 Å². The van der Waals surface area contributed by atoms with Crippen molar-refractivity contribution < 1.29 is 9.72 Å². The molecule has 1 amide bonds. The summed E-state index contributed by atoms with van der Waals surface area (Å²) in [5, 5.41) is 16.8. The molecular weight excluding hydrogens is 258 g/mol. The number of nitrogens with one attached hydrogen (secondary N) is 2. The van der Waals surface area contributed by atoms with E-state index in [1.807, 2.05) is 6.92 Å². The minimum absolute atomic E-state index is 0.0840. The van der Waals surface area contributed by atoms with Crippen molar-refractivity contribution >= 4 is 17.3 Å². The highest BCUT2D eigenvalue weighted by atomic mass is 16.6. The minimum Gasteiger partial charge on any atom is -0.383 e. The van der Waals surface area contributed by atoms with E-state index >= 15 is 0 Å². The summed E-state index contributed by atoms with van der Waals surface area (Å²) in [4.78, 5) is 22.7. The van der Waals surface area contributed by atoms with Crippen LogP contribution >= 0.6 is 0 Å². The second kappa shape index (κ2) is 5.48. The van der Waals surface area contributed by atoms with Gasteiger partial charge in [-0.15, -0.1) is 0 Å². The summed E-state index contributed by atoms with van der Waals surface area (Å²) in [6.07, 6.45) is 3.96. The van der Waals surface area contributed by atoms with Crippen LogP contribution in [0.25, 0.3) is 0 Å². The number of rotatable bonds is 5. The number of carbonyl (C=O) groups is 1.